The van der Waals surface area contributed by atoms with Crippen LogP contribution in [0.5, 0.6) is 0 Å². The summed E-state index contributed by atoms with van der Waals surface area (Å²) in [7, 11) is -3.52. The summed E-state index contributed by atoms with van der Waals surface area (Å²) in [6, 6.07) is 16.5. The summed E-state index contributed by atoms with van der Waals surface area (Å²) in [5, 5.41) is 10.2. The molecule has 0 amide bonds. The number of sulfonamides is 1. The molecule has 2 heterocycles. The summed E-state index contributed by atoms with van der Waals surface area (Å²) >= 11 is 5.76. The van der Waals surface area contributed by atoms with Crippen molar-refractivity contribution >= 4 is 38.2 Å². The molecule has 1 aliphatic rings. The Labute approximate surface area is 157 Å². The Morgan fingerprint density at radius 1 is 0.846 bits per heavy atom. The highest BCUT2D eigenvalue weighted by molar-refractivity contribution is 7.89. The van der Waals surface area contributed by atoms with Gasteiger partial charge < -0.3 is 4.90 Å². The zero-order valence-corrected chi connectivity index (χ0v) is 15.5. The number of benzene rings is 2. The van der Waals surface area contributed by atoms with Crippen molar-refractivity contribution in [3.05, 3.63) is 59.8 Å². The van der Waals surface area contributed by atoms with E-state index in [1.165, 1.54) is 4.31 Å². The van der Waals surface area contributed by atoms with E-state index in [9.17, 15) is 8.42 Å². The first kappa shape index (κ1) is 17.2. The van der Waals surface area contributed by atoms with E-state index in [1.54, 1.807) is 24.3 Å². The second-order valence-corrected chi connectivity index (χ2v) is 8.44. The predicted octanol–water partition coefficient (Wildman–Crippen LogP) is 2.79. The molecule has 3 aromatic rings. The van der Waals surface area contributed by atoms with Crippen molar-refractivity contribution in [1.29, 1.82) is 0 Å². The van der Waals surface area contributed by atoms with Gasteiger partial charge in [0, 0.05) is 26.2 Å². The molecule has 8 heteroatoms. The molecule has 6 nitrogen and oxygen atoms in total. The number of hydrogen-bond acceptors (Lipinski definition) is 5. The second kappa shape index (κ2) is 6.83. The summed E-state index contributed by atoms with van der Waals surface area (Å²) in [6.07, 6.45) is 0. The molecule has 0 unspecified atom stereocenters. The Balaban J connectivity index is 1.52. The monoisotopic (exact) mass is 388 g/mol. The number of aromatic nitrogens is 2. The molecule has 1 aliphatic heterocycles. The van der Waals surface area contributed by atoms with Gasteiger partial charge in [-0.2, -0.15) is 4.31 Å². The smallest absolute Gasteiger partial charge is 0.243 e. The van der Waals surface area contributed by atoms with Crippen LogP contribution < -0.4 is 4.90 Å². The van der Waals surface area contributed by atoms with Crippen LogP contribution in [0.4, 0.5) is 5.82 Å². The lowest BCUT2D eigenvalue weighted by Gasteiger charge is -2.34. The fourth-order valence-electron chi connectivity index (χ4n) is 3.11. The van der Waals surface area contributed by atoms with Crippen LogP contribution >= 0.6 is 11.6 Å². The van der Waals surface area contributed by atoms with Gasteiger partial charge in [-0.15, -0.1) is 10.2 Å². The standard InChI is InChI=1S/C18H17ClN4O2S/c19-17-7-8-18(21-20-17)22-9-11-23(12-10-22)26(24,25)16-6-5-14-3-1-2-4-15(14)13-16/h1-8,13H,9-12H2. The summed E-state index contributed by atoms with van der Waals surface area (Å²) in [6.45, 7) is 1.92. The predicted molar refractivity (Wildman–Crippen MR) is 102 cm³/mol. The maximum Gasteiger partial charge on any atom is 0.243 e. The highest BCUT2D eigenvalue weighted by atomic mass is 35.5. The Morgan fingerprint density at radius 3 is 2.27 bits per heavy atom. The lowest BCUT2D eigenvalue weighted by molar-refractivity contribution is 0.383. The van der Waals surface area contributed by atoms with Crippen LogP contribution in [-0.2, 0) is 10.0 Å². The number of fused-ring (bicyclic) bond motifs is 1. The fraction of sp³-hybridized carbons (Fsp3) is 0.222. The first-order chi connectivity index (χ1) is 12.5. The maximum absolute atomic E-state index is 13.0. The van der Waals surface area contributed by atoms with Crippen molar-refractivity contribution in [2.75, 3.05) is 31.1 Å². The molecule has 4 rings (SSSR count). The molecule has 0 bridgehead atoms. The van der Waals surface area contributed by atoms with Crippen molar-refractivity contribution in [1.82, 2.24) is 14.5 Å². The average molecular weight is 389 g/mol. The zero-order valence-electron chi connectivity index (χ0n) is 13.9. The van der Waals surface area contributed by atoms with Gasteiger partial charge in [-0.1, -0.05) is 41.9 Å². The minimum Gasteiger partial charge on any atom is -0.352 e. The van der Waals surface area contributed by atoms with Crippen molar-refractivity contribution in [3.63, 3.8) is 0 Å². The molecule has 0 saturated carbocycles. The van der Waals surface area contributed by atoms with E-state index in [1.807, 2.05) is 35.2 Å². The van der Waals surface area contributed by atoms with Gasteiger partial charge in [0.1, 0.15) is 0 Å². The first-order valence-electron chi connectivity index (χ1n) is 8.27. The van der Waals surface area contributed by atoms with Gasteiger partial charge in [-0.05, 0) is 35.0 Å². The largest absolute Gasteiger partial charge is 0.352 e. The maximum atomic E-state index is 13.0. The third-order valence-electron chi connectivity index (χ3n) is 4.54. The Morgan fingerprint density at radius 2 is 1.58 bits per heavy atom. The lowest BCUT2D eigenvalue weighted by Crippen LogP contribution is -2.48. The molecule has 0 aliphatic carbocycles. The van der Waals surface area contributed by atoms with Gasteiger partial charge in [-0.3, -0.25) is 0 Å². The van der Waals surface area contributed by atoms with Crippen LogP contribution in [0.15, 0.2) is 59.5 Å². The molecule has 134 valence electrons. The van der Waals surface area contributed by atoms with Gasteiger partial charge in [0.05, 0.1) is 4.90 Å². The molecule has 1 saturated heterocycles. The molecule has 0 N–H and O–H groups in total. The molecule has 0 spiro atoms. The van der Waals surface area contributed by atoms with Crippen LogP contribution in [0.2, 0.25) is 5.15 Å². The van der Waals surface area contributed by atoms with Crippen molar-refractivity contribution in [2.24, 2.45) is 0 Å². The van der Waals surface area contributed by atoms with Gasteiger partial charge in [0.15, 0.2) is 11.0 Å². The SMILES string of the molecule is O=S(=O)(c1ccc2ccccc2c1)N1CCN(c2ccc(Cl)nn2)CC1. The summed E-state index contributed by atoms with van der Waals surface area (Å²) in [5.74, 6) is 0.706. The number of rotatable bonds is 3. The van der Waals surface area contributed by atoms with E-state index >= 15 is 0 Å². The highest BCUT2D eigenvalue weighted by Crippen LogP contribution is 2.23. The number of halogens is 1. The Bertz CT molecular complexity index is 1030. The van der Waals surface area contributed by atoms with Crippen molar-refractivity contribution < 1.29 is 8.42 Å². The van der Waals surface area contributed by atoms with E-state index in [2.05, 4.69) is 10.2 Å². The number of anilines is 1. The second-order valence-electron chi connectivity index (χ2n) is 6.11. The van der Waals surface area contributed by atoms with Crippen LogP contribution in [0, 0.1) is 0 Å². The molecule has 1 aromatic heterocycles. The molecule has 0 atom stereocenters. The van der Waals surface area contributed by atoms with Crippen molar-refractivity contribution in [3.8, 4) is 0 Å². The lowest BCUT2D eigenvalue weighted by atomic mass is 10.1. The van der Waals surface area contributed by atoms with Crippen LogP contribution in [0.1, 0.15) is 0 Å². The highest BCUT2D eigenvalue weighted by Gasteiger charge is 2.29. The zero-order chi connectivity index (χ0) is 18.1. The number of nitrogens with zero attached hydrogens (tertiary/aromatic N) is 4. The molecular formula is C18H17ClN4O2S. The van der Waals surface area contributed by atoms with Gasteiger partial charge >= 0.3 is 0 Å². The Hall–Kier alpha value is -2.22. The third-order valence-corrected chi connectivity index (χ3v) is 6.64. The van der Waals surface area contributed by atoms with Gasteiger partial charge in [0.25, 0.3) is 0 Å². The fourth-order valence-corrected chi connectivity index (χ4v) is 4.67. The van der Waals surface area contributed by atoms with Crippen LogP contribution in [-0.4, -0.2) is 49.1 Å². The molecule has 26 heavy (non-hydrogen) atoms. The summed E-state index contributed by atoms with van der Waals surface area (Å²) in [4.78, 5) is 2.34. The third kappa shape index (κ3) is 3.25. The normalized spacial score (nSPS) is 16.1. The quantitative estimate of drug-likeness (QED) is 0.690. The first-order valence-corrected chi connectivity index (χ1v) is 10.1. The van der Waals surface area contributed by atoms with E-state index in [0.29, 0.717) is 42.0 Å². The minimum atomic E-state index is -3.52. The number of piperazine rings is 1. The molecule has 1 fully saturated rings. The summed E-state index contributed by atoms with van der Waals surface area (Å²) in [5.41, 5.74) is 0. The van der Waals surface area contributed by atoms with Crippen molar-refractivity contribution in [2.45, 2.75) is 4.90 Å². The topological polar surface area (TPSA) is 66.4 Å². The van der Waals surface area contributed by atoms with E-state index < -0.39 is 10.0 Å². The molecule has 2 aromatic carbocycles. The molecular weight excluding hydrogens is 372 g/mol. The average Bonchev–Trinajstić information content (AvgIpc) is 2.68. The van der Waals surface area contributed by atoms with Crippen LogP contribution in [0.3, 0.4) is 0 Å². The van der Waals surface area contributed by atoms with Crippen LogP contribution in [0.25, 0.3) is 10.8 Å². The van der Waals surface area contributed by atoms with Gasteiger partial charge in [-0.25, -0.2) is 8.42 Å². The molecule has 0 radical (unpaired) electrons. The number of hydrogen-bond donors (Lipinski definition) is 0. The van der Waals surface area contributed by atoms with E-state index in [0.717, 1.165) is 10.8 Å². The van der Waals surface area contributed by atoms with E-state index in [4.69, 9.17) is 11.6 Å². The Kier molecular flexibility index (Phi) is 4.52. The van der Waals surface area contributed by atoms with Gasteiger partial charge in [0.2, 0.25) is 10.0 Å². The minimum absolute atomic E-state index is 0.330. The van der Waals surface area contributed by atoms with E-state index in [-0.39, 0.29) is 0 Å². The summed E-state index contributed by atoms with van der Waals surface area (Å²) < 4.78 is 27.5.